The number of hydrogen-bond acceptors (Lipinski definition) is 5. The molecular weight excluding hydrogens is 292 g/mol. The Bertz CT molecular complexity index is 554. The molecule has 1 aromatic carbocycles. The first-order chi connectivity index (χ1) is 9.99. The van der Waals surface area contributed by atoms with Crippen LogP contribution in [0.3, 0.4) is 0 Å². The highest BCUT2D eigenvalue weighted by Crippen LogP contribution is 2.21. The topological polar surface area (TPSA) is 76.7 Å². The van der Waals surface area contributed by atoms with E-state index in [2.05, 4.69) is 10.0 Å². The lowest BCUT2D eigenvalue weighted by atomic mass is 10.3. The monoisotopic (exact) mass is 314 g/mol. The van der Waals surface area contributed by atoms with E-state index in [-0.39, 0.29) is 17.0 Å². The Hall–Kier alpha value is -1.15. The highest BCUT2D eigenvalue weighted by molar-refractivity contribution is 7.89. The molecule has 1 aromatic rings. The molecule has 0 amide bonds. The van der Waals surface area contributed by atoms with E-state index >= 15 is 0 Å². The minimum atomic E-state index is -3.53. The molecule has 1 aliphatic rings. The second-order valence-corrected chi connectivity index (χ2v) is 6.90. The van der Waals surface area contributed by atoms with Crippen molar-refractivity contribution in [2.45, 2.75) is 30.9 Å². The predicted octanol–water partition coefficient (Wildman–Crippen LogP) is 1.20. The summed E-state index contributed by atoms with van der Waals surface area (Å²) in [6.45, 7) is 5.79. The third-order valence-electron chi connectivity index (χ3n) is 2.97. The molecule has 6 nitrogen and oxygen atoms in total. The van der Waals surface area contributed by atoms with Crippen LogP contribution in [0.1, 0.15) is 13.8 Å². The molecule has 1 atom stereocenters. The van der Waals surface area contributed by atoms with Crippen molar-refractivity contribution in [3.05, 3.63) is 24.3 Å². The molecule has 1 fully saturated rings. The average Bonchev–Trinajstić information content (AvgIpc) is 2.45. The Balaban J connectivity index is 2.09. The number of hydrogen-bond donors (Lipinski definition) is 2. The average molecular weight is 314 g/mol. The number of sulfonamides is 1. The molecule has 1 heterocycles. The van der Waals surface area contributed by atoms with Crippen LogP contribution in [-0.2, 0) is 19.5 Å². The molecule has 1 aliphatic heterocycles. The highest BCUT2D eigenvalue weighted by Gasteiger charge is 2.20. The number of ether oxygens (including phenoxy) is 2. The van der Waals surface area contributed by atoms with E-state index in [1.165, 1.54) is 0 Å². The Morgan fingerprint density at radius 1 is 1.29 bits per heavy atom. The van der Waals surface area contributed by atoms with E-state index in [1.807, 2.05) is 0 Å². The van der Waals surface area contributed by atoms with Crippen LogP contribution in [0.4, 0.5) is 5.69 Å². The third-order valence-corrected chi connectivity index (χ3v) is 4.69. The van der Waals surface area contributed by atoms with Crippen molar-refractivity contribution in [1.29, 1.82) is 0 Å². The minimum absolute atomic E-state index is 0.0624. The van der Waals surface area contributed by atoms with Crippen LogP contribution >= 0.6 is 0 Å². The Morgan fingerprint density at radius 3 is 2.71 bits per heavy atom. The molecule has 7 heteroatoms. The number of nitrogens with one attached hydrogen (secondary N) is 2. The molecule has 0 saturated carbocycles. The lowest BCUT2D eigenvalue weighted by Gasteiger charge is -2.24. The van der Waals surface area contributed by atoms with Crippen molar-refractivity contribution in [2.24, 2.45) is 0 Å². The first kappa shape index (κ1) is 16.2. The van der Waals surface area contributed by atoms with Gasteiger partial charge in [0.1, 0.15) is 4.90 Å². The number of benzene rings is 1. The summed E-state index contributed by atoms with van der Waals surface area (Å²) in [6, 6.07) is 6.69. The lowest BCUT2D eigenvalue weighted by molar-refractivity contribution is -0.0819. The van der Waals surface area contributed by atoms with Crippen molar-refractivity contribution in [2.75, 3.05) is 31.7 Å². The largest absolute Gasteiger partial charge is 0.381 e. The molecule has 118 valence electrons. The van der Waals surface area contributed by atoms with Crippen LogP contribution in [0.5, 0.6) is 0 Å². The van der Waals surface area contributed by atoms with E-state index in [1.54, 1.807) is 38.1 Å². The zero-order valence-corrected chi connectivity index (χ0v) is 13.2. The maximum atomic E-state index is 12.3. The van der Waals surface area contributed by atoms with E-state index in [0.717, 1.165) is 0 Å². The Morgan fingerprint density at radius 2 is 2.05 bits per heavy atom. The minimum Gasteiger partial charge on any atom is -0.381 e. The molecule has 0 bridgehead atoms. The molecule has 0 aliphatic carbocycles. The van der Waals surface area contributed by atoms with Crippen LogP contribution in [-0.4, -0.2) is 46.9 Å². The maximum Gasteiger partial charge on any atom is 0.242 e. The summed E-state index contributed by atoms with van der Waals surface area (Å²) in [7, 11) is -3.53. The quantitative estimate of drug-likeness (QED) is 0.825. The van der Waals surface area contributed by atoms with Crippen molar-refractivity contribution in [1.82, 2.24) is 4.72 Å². The molecule has 21 heavy (non-hydrogen) atoms. The normalized spacial score (nSPS) is 19.7. The van der Waals surface area contributed by atoms with Gasteiger partial charge in [0.2, 0.25) is 10.0 Å². The Kier molecular flexibility index (Phi) is 5.58. The fraction of sp³-hybridized carbons (Fsp3) is 0.571. The zero-order valence-electron chi connectivity index (χ0n) is 12.3. The van der Waals surface area contributed by atoms with Crippen molar-refractivity contribution in [3.8, 4) is 0 Å². The fourth-order valence-corrected chi connectivity index (χ4v) is 3.53. The van der Waals surface area contributed by atoms with Gasteiger partial charge in [-0.3, -0.25) is 0 Å². The van der Waals surface area contributed by atoms with Gasteiger partial charge in [0.15, 0.2) is 0 Å². The summed E-state index contributed by atoms with van der Waals surface area (Å²) in [5.74, 6) is 0. The van der Waals surface area contributed by atoms with Gasteiger partial charge in [-0.05, 0) is 26.0 Å². The predicted molar refractivity (Wildman–Crippen MR) is 80.9 cm³/mol. The van der Waals surface area contributed by atoms with Gasteiger partial charge < -0.3 is 14.8 Å². The summed E-state index contributed by atoms with van der Waals surface area (Å²) in [5, 5.41) is 3.14. The van der Waals surface area contributed by atoms with Crippen LogP contribution in [0.25, 0.3) is 0 Å². The number of rotatable bonds is 6. The molecule has 0 spiro atoms. The van der Waals surface area contributed by atoms with Crippen molar-refractivity contribution in [3.63, 3.8) is 0 Å². The van der Waals surface area contributed by atoms with Gasteiger partial charge in [-0.2, -0.15) is 0 Å². The third kappa shape index (κ3) is 4.67. The van der Waals surface area contributed by atoms with Gasteiger partial charge in [-0.1, -0.05) is 12.1 Å². The van der Waals surface area contributed by atoms with Crippen molar-refractivity contribution < 1.29 is 17.9 Å². The summed E-state index contributed by atoms with van der Waals surface area (Å²) in [5.41, 5.74) is 0.569. The van der Waals surface area contributed by atoms with Crippen molar-refractivity contribution >= 4 is 15.7 Å². The fourth-order valence-electron chi connectivity index (χ4n) is 2.10. The van der Waals surface area contributed by atoms with E-state index in [9.17, 15) is 8.42 Å². The van der Waals surface area contributed by atoms with Crippen LogP contribution in [0, 0.1) is 0 Å². The van der Waals surface area contributed by atoms with Crippen LogP contribution in [0.15, 0.2) is 29.2 Å². The van der Waals surface area contributed by atoms with Gasteiger partial charge in [-0.15, -0.1) is 0 Å². The summed E-state index contributed by atoms with van der Waals surface area (Å²) >= 11 is 0. The summed E-state index contributed by atoms with van der Waals surface area (Å²) in [4.78, 5) is 0.246. The molecule has 1 unspecified atom stereocenters. The SMILES string of the molecule is CC(C)NS(=O)(=O)c1ccccc1NCC1COCCO1. The smallest absolute Gasteiger partial charge is 0.242 e. The second-order valence-electron chi connectivity index (χ2n) is 5.22. The van der Waals surface area contributed by atoms with Gasteiger partial charge in [0.05, 0.1) is 31.6 Å². The van der Waals surface area contributed by atoms with Crippen LogP contribution < -0.4 is 10.0 Å². The lowest BCUT2D eigenvalue weighted by Crippen LogP contribution is -2.35. The Labute approximate surface area is 125 Å². The first-order valence-corrected chi connectivity index (χ1v) is 8.52. The zero-order chi connectivity index (χ0) is 15.3. The van der Waals surface area contributed by atoms with Gasteiger partial charge in [-0.25, -0.2) is 13.1 Å². The van der Waals surface area contributed by atoms with Crippen LogP contribution in [0.2, 0.25) is 0 Å². The number of para-hydroxylation sites is 1. The van der Waals surface area contributed by atoms with Gasteiger partial charge >= 0.3 is 0 Å². The molecule has 0 aromatic heterocycles. The number of anilines is 1. The molecular formula is C14H22N2O4S. The van der Waals surface area contributed by atoms with Gasteiger partial charge in [0, 0.05) is 12.6 Å². The summed E-state index contributed by atoms with van der Waals surface area (Å²) in [6.07, 6.45) is -0.0624. The standard InChI is InChI=1S/C14H22N2O4S/c1-11(2)16-21(17,18)14-6-4-3-5-13(14)15-9-12-10-19-7-8-20-12/h3-6,11-12,15-16H,7-10H2,1-2H3. The molecule has 0 radical (unpaired) electrons. The maximum absolute atomic E-state index is 12.3. The first-order valence-electron chi connectivity index (χ1n) is 7.03. The van der Waals surface area contributed by atoms with Gasteiger partial charge in [0.25, 0.3) is 0 Å². The van der Waals surface area contributed by atoms with E-state index < -0.39 is 10.0 Å². The summed E-state index contributed by atoms with van der Waals surface area (Å²) < 4.78 is 38.1. The van der Waals surface area contributed by atoms with E-state index in [0.29, 0.717) is 32.1 Å². The molecule has 2 rings (SSSR count). The molecule has 1 saturated heterocycles. The highest BCUT2D eigenvalue weighted by atomic mass is 32.2. The van der Waals surface area contributed by atoms with E-state index in [4.69, 9.17) is 9.47 Å². The second kappa shape index (κ2) is 7.22. The molecule has 2 N–H and O–H groups in total.